The summed E-state index contributed by atoms with van der Waals surface area (Å²) in [7, 11) is 1.76. The lowest BCUT2D eigenvalue weighted by molar-refractivity contribution is -0.132. The molecule has 0 bridgehead atoms. The van der Waals surface area contributed by atoms with Crippen molar-refractivity contribution in [1.29, 1.82) is 0 Å². The van der Waals surface area contributed by atoms with E-state index in [4.69, 9.17) is 17.3 Å². The number of nitrogens with two attached hydrogens (primary N) is 1. The number of amides is 1. The maximum Gasteiger partial charge on any atom is 0.239 e. The second-order valence-corrected chi connectivity index (χ2v) is 5.10. The van der Waals surface area contributed by atoms with Crippen LogP contribution in [0.15, 0.2) is 24.3 Å². The Morgan fingerprint density at radius 3 is 2.53 bits per heavy atom. The van der Waals surface area contributed by atoms with Gasteiger partial charge < -0.3 is 10.6 Å². The smallest absolute Gasteiger partial charge is 0.239 e. The van der Waals surface area contributed by atoms with Gasteiger partial charge in [0.25, 0.3) is 0 Å². The molecule has 0 aliphatic rings. The molecule has 1 aromatic rings. The zero-order chi connectivity index (χ0) is 13.7. The third-order valence-electron chi connectivity index (χ3n) is 3.28. The molecule has 19 heavy (non-hydrogen) atoms. The van der Waals surface area contributed by atoms with E-state index < -0.39 is 6.04 Å². The van der Waals surface area contributed by atoms with Crippen molar-refractivity contribution in [3.63, 3.8) is 0 Å². The predicted octanol–water partition coefficient (Wildman–Crippen LogP) is 3.09. The Labute approximate surface area is 126 Å². The molecule has 2 unspecified atom stereocenters. The van der Waals surface area contributed by atoms with Crippen molar-refractivity contribution in [1.82, 2.24) is 4.90 Å². The second kappa shape index (κ2) is 8.41. The lowest BCUT2D eigenvalue weighted by Gasteiger charge is -2.25. The maximum atomic E-state index is 12.1. The number of benzene rings is 1. The molecule has 0 aliphatic heterocycles. The van der Waals surface area contributed by atoms with Crippen molar-refractivity contribution in [3.8, 4) is 0 Å². The minimum Gasteiger partial charge on any atom is -0.340 e. The lowest BCUT2D eigenvalue weighted by Crippen LogP contribution is -2.45. The van der Waals surface area contributed by atoms with Crippen LogP contribution < -0.4 is 5.73 Å². The van der Waals surface area contributed by atoms with E-state index in [1.165, 1.54) is 0 Å². The Morgan fingerprint density at radius 1 is 1.42 bits per heavy atom. The molecule has 0 aliphatic carbocycles. The molecule has 1 rings (SSSR count). The Balaban J connectivity index is 0.00000324. The Bertz CT molecular complexity index is 412. The van der Waals surface area contributed by atoms with Crippen LogP contribution >= 0.6 is 24.0 Å². The van der Waals surface area contributed by atoms with Gasteiger partial charge in [-0.3, -0.25) is 4.79 Å². The van der Waals surface area contributed by atoms with Crippen LogP contribution in [0.5, 0.6) is 0 Å². The van der Waals surface area contributed by atoms with Crippen molar-refractivity contribution in [3.05, 3.63) is 34.9 Å². The Hall–Kier alpha value is -0.770. The monoisotopic (exact) mass is 304 g/mol. The van der Waals surface area contributed by atoms with Gasteiger partial charge in [-0.25, -0.2) is 0 Å². The summed E-state index contributed by atoms with van der Waals surface area (Å²) in [5.41, 5.74) is 6.88. The van der Waals surface area contributed by atoms with E-state index in [2.05, 4.69) is 0 Å². The summed E-state index contributed by atoms with van der Waals surface area (Å²) < 4.78 is 0. The topological polar surface area (TPSA) is 46.3 Å². The van der Waals surface area contributed by atoms with Crippen LogP contribution in [0.25, 0.3) is 0 Å². The summed E-state index contributed by atoms with van der Waals surface area (Å²) in [5, 5.41) is 0.675. The summed E-state index contributed by atoms with van der Waals surface area (Å²) in [4.78, 5) is 13.8. The normalized spacial score (nSPS) is 13.3. The Kier molecular flexibility index (Phi) is 8.07. The van der Waals surface area contributed by atoms with Crippen LogP contribution in [0.1, 0.15) is 25.8 Å². The maximum absolute atomic E-state index is 12.1. The highest BCUT2D eigenvalue weighted by atomic mass is 35.5. The highest BCUT2D eigenvalue weighted by Gasteiger charge is 2.23. The molecule has 0 saturated heterocycles. The van der Waals surface area contributed by atoms with Gasteiger partial charge in [0.1, 0.15) is 0 Å². The molecular weight excluding hydrogens is 283 g/mol. The number of halogens is 2. The van der Waals surface area contributed by atoms with Gasteiger partial charge in [0.05, 0.1) is 6.04 Å². The Morgan fingerprint density at radius 2 is 2.00 bits per heavy atom. The average molecular weight is 305 g/mol. The fourth-order valence-corrected chi connectivity index (χ4v) is 1.91. The molecule has 1 amide bonds. The summed E-state index contributed by atoms with van der Waals surface area (Å²) in [5.74, 6) is 0.149. The van der Waals surface area contributed by atoms with Gasteiger partial charge in [-0.1, -0.05) is 50.1 Å². The molecule has 0 aromatic heterocycles. The van der Waals surface area contributed by atoms with E-state index in [-0.39, 0.29) is 24.2 Å². The summed E-state index contributed by atoms with van der Waals surface area (Å²) in [6.07, 6.45) is 0.896. The molecule has 0 spiro atoms. The van der Waals surface area contributed by atoms with Crippen molar-refractivity contribution < 1.29 is 4.79 Å². The van der Waals surface area contributed by atoms with E-state index >= 15 is 0 Å². The molecule has 0 saturated carbocycles. The number of nitrogens with zero attached hydrogens (tertiary/aromatic N) is 1. The van der Waals surface area contributed by atoms with E-state index in [0.29, 0.717) is 11.6 Å². The van der Waals surface area contributed by atoms with Gasteiger partial charge in [-0.2, -0.15) is 0 Å². The van der Waals surface area contributed by atoms with Crippen LogP contribution in [-0.2, 0) is 11.3 Å². The third-order valence-corrected chi connectivity index (χ3v) is 3.65. The number of hydrogen-bond acceptors (Lipinski definition) is 2. The van der Waals surface area contributed by atoms with Gasteiger partial charge in [-0.15, -0.1) is 12.4 Å². The van der Waals surface area contributed by atoms with E-state index in [1.807, 2.05) is 38.1 Å². The molecule has 2 atom stereocenters. The fraction of sp³-hybridized carbons (Fsp3) is 0.500. The number of likely N-dealkylation sites (N-methyl/N-ethyl adjacent to an activating group) is 1. The summed E-state index contributed by atoms with van der Waals surface area (Å²) in [6.45, 7) is 4.51. The second-order valence-electron chi connectivity index (χ2n) is 4.70. The van der Waals surface area contributed by atoms with Crippen molar-refractivity contribution in [2.75, 3.05) is 7.05 Å². The number of carbonyl (C=O) groups excluding carboxylic acids is 1. The molecule has 108 valence electrons. The first-order valence-corrected chi connectivity index (χ1v) is 6.59. The van der Waals surface area contributed by atoms with Gasteiger partial charge >= 0.3 is 0 Å². The highest BCUT2D eigenvalue weighted by molar-refractivity contribution is 6.31. The quantitative estimate of drug-likeness (QED) is 0.908. The molecule has 1 aromatic carbocycles. The lowest BCUT2D eigenvalue weighted by atomic mass is 9.99. The van der Waals surface area contributed by atoms with Gasteiger partial charge in [0, 0.05) is 18.6 Å². The summed E-state index contributed by atoms with van der Waals surface area (Å²) >= 11 is 6.07. The van der Waals surface area contributed by atoms with E-state index in [0.717, 1.165) is 12.0 Å². The summed E-state index contributed by atoms with van der Waals surface area (Å²) in [6, 6.07) is 7.08. The van der Waals surface area contributed by atoms with Crippen LogP contribution in [0.2, 0.25) is 5.02 Å². The van der Waals surface area contributed by atoms with Crippen molar-refractivity contribution in [2.45, 2.75) is 32.9 Å². The molecule has 0 radical (unpaired) electrons. The minimum absolute atomic E-state index is 0. The molecule has 0 fully saturated rings. The molecule has 2 N–H and O–H groups in total. The van der Waals surface area contributed by atoms with Crippen LogP contribution in [0, 0.1) is 5.92 Å². The largest absolute Gasteiger partial charge is 0.340 e. The third kappa shape index (κ3) is 5.01. The number of carbonyl (C=O) groups is 1. The van der Waals surface area contributed by atoms with Gasteiger partial charge in [0.2, 0.25) is 5.91 Å². The van der Waals surface area contributed by atoms with E-state index in [1.54, 1.807) is 11.9 Å². The first-order valence-electron chi connectivity index (χ1n) is 6.21. The molecule has 0 heterocycles. The molecule has 5 heteroatoms. The average Bonchev–Trinajstić information content (AvgIpc) is 2.38. The number of hydrogen-bond donors (Lipinski definition) is 1. The van der Waals surface area contributed by atoms with Crippen molar-refractivity contribution >= 4 is 29.9 Å². The van der Waals surface area contributed by atoms with Crippen LogP contribution in [0.4, 0.5) is 0 Å². The van der Waals surface area contributed by atoms with Gasteiger partial charge in [-0.05, 0) is 17.5 Å². The molecule has 3 nitrogen and oxygen atoms in total. The standard InChI is InChI=1S/C14H21ClN2O.ClH/c1-4-10(2)13(16)14(18)17(3)9-11-7-5-6-8-12(11)15;/h5-8,10,13H,4,9,16H2,1-3H3;1H. The zero-order valence-corrected chi connectivity index (χ0v) is 13.2. The minimum atomic E-state index is -0.442. The van der Waals surface area contributed by atoms with Crippen LogP contribution in [0.3, 0.4) is 0 Å². The zero-order valence-electron chi connectivity index (χ0n) is 11.6. The number of rotatable bonds is 5. The van der Waals surface area contributed by atoms with Gasteiger partial charge in [0.15, 0.2) is 0 Å². The van der Waals surface area contributed by atoms with E-state index in [9.17, 15) is 4.79 Å². The highest BCUT2D eigenvalue weighted by Crippen LogP contribution is 2.17. The van der Waals surface area contributed by atoms with Crippen molar-refractivity contribution in [2.24, 2.45) is 11.7 Å². The van der Waals surface area contributed by atoms with Crippen LogP contribution in [-0.4, -0.2) is 23.9 Å². The first-order chi connectivity index (χ1) is 8.47. The SMILES string of the molecule is CCC(C)C(N)C(=O)N(C)Cc1ccccc1Cl.Cl. The fourth-order valence-electron chi connectivity index (χ4n) is 1.71. The molecular formula is C14H22Cl2N2O. The predicted molar refractivity (Wildman–Crippen MR) is 82.6 cm³/mol. The first kappa shape index (κ1) is 18.2.